The number of anilines is 3. The van der Waals surface area contributed by atoms with Crippen LogP contribution >= 0.6 is 11.3 Å². The summed E-state index contributed by atoms with van der Waals surface area (Å²) in [5, 5.41) is 11.3. The molecule has 9 rings (SSSR count). The lowest BCUT2D eigenvalue weighted by Crippen LogP contribution is -2.42. The molecule has 1 aliphatic carbocycles. The van der Waals surface area contributed by atoms with Crippen LogP contribution in [-0.2, 0) is 26.5 Å². The molecule has 3 aliphatic rings. The normalized spacial score (nSPS) is 16.5. The standard InChI is InChI=1S/C54H59N7O7S/c1-3-60(39-12-10-11-33(2)27-39)49(62)32-61-44-23-26-69-48(44)31-45(61)52(65)59-38-18-13-34(14-19-38)50(63)57-24-8-6-4-5-7-9-25-58-51(64)35-15-20-41-40(28-35)53(66)68-54(41)42-21-16-36(55)29-46(42)67-47-30-37(56)17-22-43(47)54/h10-12,15-17,20-23,26-31,34,38H,3-9,13-14,18-19,24-25,32,55-56H2,1-2H3,(H,57,63)(H,58,64)(H,59,65)/t34-,38-. The number of aryl methyl sites for hydroxylation is 1. The van der Waals surface area contributed by atoms with Gasteiger partial charge >= 0.3 is 5.97 Å². The number of benzene rings is 4. The van der Waals surface area contributed by atoms with Gasteiger partial charge in [-0.1, -0.05) is 43.9 Å². The summed E-state index contributed by atoms with van der Waals surface area (Å²) in [6.07, 6.45) is 8.53. The van der Waals surface area contributed by atoms with Gasteiger partial charge < -0.3 is 46.4 Å². The number of nitrogens with zero attached hydrogens (tertiary/aromatic N) is 2. The molecule has 2 aliphatic heterocycles. The molecule has 1 fully saturated rings. The SMILES string of the molecule is CCN(C(=O)Cn1c(C(=O)N[C@H]2CC[C@H](C(=O)NCCCCCCCCNC(=O)c3ccc4c(c3)C(=O)OC43c4ccc(N)cc4Oc4cc(N)ccc43)CC2)cc2sccc21)c1cccc(C)c1. The van der Waals surface area contributed by atoms with Crippen LogP contribution in [-0.4, -0.2) is 59.8 Å². The maximum Gasteiger partial charge on any atom is 0.340 e. The topological polar surface area (TPSA) is 200 Å². The summed E-state index contributed by atoms with van der Waals surface area (Å²) in [6.45, 7) is 5.66. The van der Waals surface area contributed by atoms with Crippen LogP contribution in [0.3, 0.4) is 0 Å². The zero-order valence-corrected chi connectivity index (χ0v) is 39.9. The van der Waals surface area contributed by atoms with Gasteiger partial charge in [0.1, 0.15) is 23.7 Å². The molecule has 0 saturated heterocycles. The highest BCUT2D eigenvalue weighted by atomic mass is 32.1. The van der Waals surface area contributed by atoms with E-state index in [-0.39, 0.29) is 42.1 Å². The number of amides is 4. The molecule has 15 heteroatoms. The number of esters is 1. The van der Waals surface area contributed by atoms with Gasteiger partial charge in [-0.25, -0.2) is 4.79 Å². The third kappa shape index (κ3) is 9.65. The largest absolute Gasteiger partial charge is 0.456 e. The summed E-state index contributed by atoms with van der Waals surface area (Å²) < 4.78 is 15.2. The van der Waals surface area contributed by atoms with E-state index in [2.05, 4.69) is 16.0 Å². The number of nitrogen functional groups attached to an aromatic ring is 2. The van der Waals surface area contributed by atoms with E-state index in [1.807, 2.05) is 60.2 Å². The number of hydrogen-bond acceptors (Lipinski definition) is 10. The molecule has 14 nitrogen and oxygen atoms in total. The van der Waals surface area contributed by atoms with Crippen molar-refractivity contribution >= 4 is 68.2 Å². The van der Waals surface area contributed by atoms with Crippen LogP contribution in [0.5, 0.6) is 11.5 Å². The van der Waals surface area contributed by atoms with Crippen molar-refractivity contribution < 1.29 is 33.4 Å². The summed E-state index contributed by atoms with van der Waals surface area (Å²) >= 11 is 1.55. The molecule has 0 atom stereocenters. The Bertz CT molecular complexity index is 2880. The van der Waals surface area contributed by atoms with Gasteiger partial charge in [0.15, 0.2) is 5.60 Å². The number of fused-ring (bicyclic) bond motifs is 7. The molecule has 0 unspecified atom stereocenters. The van der Waals surface area contributed by atoms with E-state index in [1.165, 1.54) is 0 Å². The third-order valence-corrected chi connectivity index (χ3v) is 14.6. The fourth-order valence-electron chi connectivity index (χ4n) is 10.1. The second-order valence-electron chi connectivity index (χ2n) is 18.4. The lowest BCUT2D eigenvalue weighted by Gasteiger charge is -2.36. The second kappa shape index (κ2) is 20.2. The first-order valence-corrected chi connectivity index (χ1v) is 25.0. The molecule has 358 valence electrons. The van der Waals surface area contributed by atoms with Crippen molar-refractivity contribution in [2.24, 2.45) is 5.92 Å². The molecule has 4 amide bonds. The fraction of sp³-hybridized carbons (Fsp3) is 0.352. The molecule has 2 aromatic heterocycles. The van der Waals surface area contributed by atoms with Crippen LogP contribution in [0.15, 0.2) is 96.4 Å². The number of hydrogen-bond donors (Lipinski definition) is 5. The quantitative estimate of drug-likeness (QED) is 0.0336. The highest BCUT2D eigenvalue weighted by Gasteiger charge is 2.53. The minimum Gasteiger partial charge on any atom is -0.456 e. The Morgan fingerprint density at radius 1 is 0.768 bits per heavy atom. The first-order chi connectivity index (χ1) is 33.4. The van der Waals surface area contributed by atoms with Crippen molar-refractivity contribution in [3.63, 3.8) is 0 Å². The van der Waals surface area contributed by atoms with Gasteiger partial charge in [-0.05, 0) is 124 Å². The molecule has 6 aromatic rings. The monoisotopic (exact) mass is 949 g/mol. The molecule has 1 saturated carbocycles. The molecule has 4 aromatic carbocycles. The van der Waals surface area contributed by atoms with Crippen LogP contribution in [0, 0.1) is 12.8 Å². The number of rotatable bonds is 17. The van der Waals surface area contributed by atoms with Crippen LogP contribution in [0.1, 0.15) is 125 Å². The van der Waals surface area contributed by atoms with Gasteiger partial charge in [0, 0.05) is 83.0 Å². The number of aromatic nitrogens is 1. The summed E-state index contributed by atoms with van der Waals surface area (Å²) in [7, 11) is 0. The Labute approximate surface area is 405 Å². The highest BCUT2D eigenvalue weighted by molar-refractivity contribution is 7.17. The zero-order valence-electron chi connectivity index (χ0n) is 39.1. The zero-order chi connectivity index (χ0) is 48.2. The molecule has 1 spiro atoms. The van der Waals surface area contributed by atoms with E-state index >= 15 is 0 Å². The minimum atomic E-state index is -1.28. The lowest BCUT2D eigenvalue weighted by molar-refractivity contribution is -0.126. The minimum absolute atomic E-state index is 0.0440. The van der Waals surface area contributed by atoms with Gasteiger partial charge in [0.2, 0.25) is 11.8 Å². The predicted molar refractivity (Wildman–Crippen MR) is 269 cm³/mol. The van der Waals surface area contributed by atoms with Crippen molar-refractivity contribution in [3.8, 4) is 11.5 Å². The number of ether oxygens (including phenoxy) is 2. The van der Waals surface area contributed by atoms with Crippen molar-refractivity contribution in [1.29, 1.82) is 0 Å². The van der Waals surface area contributed by atoms with Gasteiger partial charge in [-0.2, -0.15) is 0 Å². The number of unbranched alkanes of at least 4 members (excludes halogenated alkanes) is 5. The number of carbonyl (C=O) groups is 5. The summed E-state index contributed by atoms with van der Waals surface area (Å²) in [5.41, 5.74) is 17.7. The Kier molecular flexibility index (Phi) is 13.8. The Hall–Kier alpha value is -7.13. The van der Waals surface area contributed by atoms with Crippen LogP contribution < -0.4 is 37.1 Å². The molecule has 4 heterocycles. The molecule has 0 radical (unpaired) electrons. The molecule has 7 N–H and O–H groups in total. The smallest absolute Gasteiger partial charge is 0.340 e. The van der Waals surface area contributed by atoms with E-state index < -0.39 is 11.6 Å². The number of likely N-dealkylation sites (N-methyl/N-ethyl adjacent to an activating group) is 1. The van der Waals surface area contributed by atoms with Crippen molar-refractivity contribution in [2.75, 3.05) is 36.0 Å². The summed E-state index contributed by atoms with van der Waals surface area (Å²) in [6, 6.07) is 27.2. The van der Waals surface area contributed by atoms with E-state index in [9.17, 15) is 24.0 Å². The van der Waals surface area contributed by atoms with Crippen LogP contribution in [0.25, 0.3) is 10.2 Å². The van der Waals surface area contributed by atoms with Crippen LogP contribution in [0.4, 0.5) is 17.1 Å². The van der Waals surface area contributed by atoms with Gasteiger partial charge in [0.05, 0.1) is 15.8 Å². The Balaban J connectivity index is 0.669. The first-order valence-electron chi connectivity index (χ1n) is 24.1. The van der Waals surface area contributed by atoms with Crippen LogP contribution in [0.2, 0.25) is 0 Å². The number of nitrogens with one attached hydrogen (secondary N) is 3. The van der Waals surface area contributed by atoms with Gasteiger partial charge in [-0.3, -0.25) is 19.2 Å². The fourth-order valence-corrected chi connectivity index (χ4v) is 11.0. The van der Waals surface area contributed by atoms with E-state index in [1.54, 1.807) is 70.8 Å². The number of carbonyl (C=O) groups excluding carboxylic acids is 5. The number of thiophene rings is 1. The molecular weight excluding hydrogens is 891 g/mol. The van der Waals surface area contributed by atoms with Crippen molar-refractivity contribution in [1.82, 2.24) is 20.5 Å². The average molecular weight is 950 g/mol. The Morgan fingerprint density at radius 3 is 2.12 bits per heavy atom. The molecule has 0 bridgehead atoms. The van der Waals surface area contributed by atoms with Gasteiger partial charge in [-0.15, -0.1) is 11.3 Å². The molecule has 69 heavy (non-hydrogen) atoms. The summed E-state index contributed by atoms with van der Waals surface area (Å²) in [5.74, 6) is -0.152. The summed E-state index contributed by atoms with van der Waals surface area (Å²) in [4.78, 5) is 68.9. The average Bonchev–Trinajstić information content (AvgIpc) is 4.02. The van der Waals surface area contributed by atoms with E-state index in [0.29, 0.717) is 102 Å². The van der Waals surface area contributed by atoms with Gasteiger partial charge in [0.25, 0.3) is 11.8 Å². The third-order valence-electron chi connectivity index (χ3n) is 13.7. The molecular formula is C54H59N7O7S. The van der Waals surface area contributed by atoms with E-state index in [4.69, 9.17) is 20.9 Å². The van der Waals surface area contributed by atoms with E-state index in [0.717, 1.165) is 60.0 Å². The lowest BCUT2D eigenvalue weighted by atomic mass is 9.77. The second-order valence-corrected chi connectivity index (χ2v) is 19.3. The van der Waals surface area contributed by atoms with Crippen molar-refractivity contribution in [3.05, 3.63) is 135 Å². The predicted octanol–water partition coefficient (Wildman–Crippen LogP) is 8.97. The first kappa shape index (κ1) is 47.0. The maximum atomic E-state index is 13.7. The number of nitrogens with two attached hydrogens (primary N) is 2. The maximum absolute atomic E-state index is 13.7. The Morgan fingerprint density at radius 2 is 1.43 bits per heavy atom. The van der Waals surface area contributed by atoms with Crippen molar-refractivity contribution in [2.45, 2.75) is 96.2 Å². The highest BCUT2D eigenvalue weighted by Crippen LogP contribution is 2.56.